The lowest BCUT2D eigenvalue weighted by molar-refractivity contribution is -0.121. The van der Waals surface area contributed by atoms with Crippen molar-refractivity contribution in [1.29, 1.82) is 0 Å². The molecule has 0 spiro atoms. The van der Waals surface area contributed by atoms with E-state index in [0.29, 0.717) is 0 Å². The molecule has 122 valence electrons. The molecule has 0 heterocycles. The highest BCUT2D eigenvalue weighted by molar-refractivity contribution is 7.89. The highest BCUT2D eigenvalue weighted by Gasteiger charge is 2.17. The number of carbonyl (C=O) groups is 1. The van der Waals surface area contributed by atoms with Gasteiger partial charge in [-0.3, -0.25) is 4.79 Å². The first-order valence-corrected chi connectivity index (χ1v) is 9.31. The highest BCUT2D eigenvalue weighted by Crippen LogP contribution is 2.17. The molecule has 5 nitrogen and oxygen atoms in total. The van der Waals surface area contributed by atoms with Gasteiger partial charge in [-0.1, -0.05) is 37.0 Å². The van der Waals surface area contributed by atoms with Crippen LogP contribution in [-0.2, 0) is 14.8 Å². The van der Waals surface area contributed by atoms with Crippen molar-refractivity contribution >= 4 is 15.9 Å². The minimum atomic E-state index is -3.54. The summed E-state index contributed by atoms with van der Waals surface area (Å²) in [5.74, 6) is -0.0847. The molecule has 0 atom stereocenters. The Labute approximate surface area is 132 Å². The van der Waals surface area contributed by atoms with E-state index in [1.165, 1.54) is 6.42 Å². The Morgan fingerprint density at radius 2 is 1.77 bits per heavy atom. The third-order valence-electron chi connectivity index (χ3n) is 3.95. The van der Waals surface area contributed by atoms with E-state index < -0.39 is 10.0 Å². The maximum Gasteiger partial charge on any atom is 0.240 e. The summed E-state index contributed by atoms with van der Waals surface area (Å²) in [6.45, 7) is 2.02. The fourth-order valence-corrected chi connectivity index (χ4v) is 3.68. The second kappa shape index (κ2) is 7.74. The molecule has 2 rings (SSSR count). The number of hydrogen-bond donors (Lipinski definition) is 2. The third-order valence-corrected chi connectivity index (χ3v) is 5.42. The second-order valence-electron chi connectivity index (χ2n) is 5.86. The first-order valence-electron chi connectivity index (χ1n) is 7.83. The zero-order valence-electron chi connectivity index (χ0n) is 13.0. The summed E-state index contributed by atoms with van der Waals surface area (Å²) in [5.41, 5.74) is 1.01. The van der Waals surface area contributed by atoms with Crippen LogP contribution in [0.3, 0.4) is 0 Å². The van der Waals surface area contributed by atoms with Crippen LogP contribution < -0.4 is 10.0 Å². The summed E-state index contributed by atoms with van der Waals surface area (Å²) >= 11 is 0. The topological polar surface area (TPSA) is 75.3 Å². The first-order chi connectivity index (χ1) is 10.5. The minimum absolute atomic E-state index is 0.0847. The van der Waals surface area contributed by atoms with E-state index >= 15 is 0 Å². The quantitative estimate of drug-likeness (QED) is 0.841. The van der Waals surface area contributed by atoms with E-state index in [0.717, 1.165) is 31.2 Å². The molecular formula is C16H24N2O3S. The van der Waals surface area contributed by atoms with Crippen molar-refractivity contribution in [3.8, 4) is 0 Å². The summed E-state index contributed by atoms with van der Waals surface area (Å²) in [4.78, 5) is 12.1. The fraction of sp³-hybridized carbons (Fsp3) is 0.562. The molecule has 6 heteroatoms. The second-order valence-corrected chi connectivity index (χ2v) is 7.63. The number of aryl methyl sites for hydroxylation is 1. The average molecular weight is 324 g/mol. The maximum atomic E-state index is 12.1. The van der Waals surface area contributed by atoms with Crippen molar-refractivity contribution in [2.75, 3.05) is 6.54 Å². The third kappa shape index (κ3) is 5.10. The van der Waals surface area contributed by atoms with Gasteiger partial charge in [0.2, 0.25) is 15.9 Å². The van der Waals surface area contributed by atoms with Gasteiger partial charge in [-0.05, 0) is 31.9 Å². The predicted molar refractivity (Wildman–Crippen MR) is 86.0 cm³/mol. The molecule has 0 saturated heterocycles. The van der Waals surface area contributed by atoms with E-state index in [9.17, 15) is 13.2 Å². The van der Waals surface area contributed by atoms with E-state index in [4.69, 9.17) is 0 Å². The average Bonchev–Trinajstić information content (AvgIpc) is 2.48. The van der Waals surface area contributed by atoms with Crippen molar-refractivity contribution in [2.24, 2.45) is 0 Å². The molecule has 2 N–H and O–H groups in total. The van der Waals surface area contributed by atoms with Gasteiger partial charge < -0.3 is 5.32 Å². The molecule has 1 aliphatic rings. The number of nitrogens with one attached hydrogen (secondary N) is 2. The molecule has 0 radical (unpaired) electrons. The van der Waals surface area contributed by atoms with E-state index in [1.54, 1.807) is 24.3 Å². The van der Waals surface area contributed by atoms with Crippen LogP contribution in [0.4, 0.5) is 0 Å². The molecule has 22 heavy (non-hydrogen) atoms. The van der Waals surface area contributed by atoms with Crippen molar-refractivity contribution in [3.63, 3.8) is 0 Å². The van der Waals surface area contributed by atoms with Crippen molar-refractivity contribution in [3.05, 3.63) is 29.8 Å². The van der Waals surface area contributed by atoms with Crippen LogP contribution in [0.2, 0.25) is 0 Å². The monoisotopic (exact) mass is 324 g/mol. The Hall–Kier alpha value is -1.40. The van der Waals surface area contributed by atoms with Crippen LogP contribution in [0.1, 0.15) is 44.1 Å². The van der Waals surface area contributed by atoms with Gasteiger partial charge in [-0.2, -0.15) is 0 Å². The van der Waals surface area contributed by atoms with E-state index in [2.05, 4.69) is 10.0 Å². The normalized spacial score (nSPS) is 16.4. The van der Waals surface area contributed by atoms with E-state index in [-0.39, 0.29) is 29.8 Å². The molecule has 1 aromatic carbocycles. The Kier molecular flexibility index (Phi) is 5.97. The van der Waals surface area contributed by atoms with Crippen molar-refractivity contribution in [2.45, 2.75) is 56.4 Å². The van der Waals surface area contributed by atoms with Gasteiger partial charge in [0.25, 0.3) is 0 Å². The van der Waals surface area contributed by atoms with Crippen LogP contribution in [0.5, 0.6) is 0 Å². The van der Waals surface area contributed by atoms with Gasteiger partial charge in [-0.25, -0.2) is 13.1 Å². The Morgan fingerprint density at radius 1 is 1.14 bits per heavy atom. The Bertz CT molecular complexity index is 590. The molecule has 0 unspecified atom stereocenters. The molecule has 1 aromatic rings. The van der Waals surface area contributed by atoms with Crippen molar-refractivity contribution in [1.82, 2.24) is 10.0 Å². The van der Waals surface area contributed by atoms with E-state index in [1.807, 2.05) is 6.92 Å². The molecule has 1 saturated carbocycles. The Balaban J connectivity index is 1.77. The minimum Gasteiger partial charge on any atom is -0.353 e. The smallest absolute Gasteiger partial charge is 0.240 e. The molecule has 1 fully saturated rings. The van der Waals surface area contributed by atoms with Crippen LogP contribution in [0.15, 0.2) is 29.2 Å². The number of benzene rings is 1. The number of carbonyl (C=O) groups excluding carboxylic acids is 1. The summed E-state index contributed by atoms with van der Waals surface area (Å²) < 4.78 is 26.6. The van der Waals surface area contributed by atoms with Gasteiger partial charge >= 0.3 is 0 Å². The summed E-state index contributed by atoms with van der Waals surface area (Å²) in [6, 6.07) is 6.91. The van der Waals surface area contributed by atoms with Crippen molar-refractivity contribution < 1.29 is 13.2 Å². The lowest BCUT2D eigenvalue weighted by atomic mass is 9.95. The molecule has 1 aliphatic carbocycles. The number of amides is 1. The van der Waals surface area contributed by atoms with Gasteiger partial charge in [-0.15, -0.1) is 0 Å². The number of rotatable bonds is 6. The summed E-state index contributed by atoms with van der Waals surface area (Å²) in [6.07, 6.45) is 5.78. The van der Waals surface area contributed by atoms with Crippen LogP contribution in [0, 0.1) is 6.92 Å². The summed E-state index contributed by atoms with van der Waals surface area (Å²) in [7, 11) is -3.54. The molecule has 0 aliphatic heterocycles. The molecule has 0 bridgehead atoms. The fourth-order valence-electron chi connectivity index (χ4n) is 2.65. The van der Waals surface area contributed by atoms with Gasteiger partial charge in [0, 0.05) is 19.0 Å². The van der Waals surface area contributed by atoms with Crippen LogP contribution in [0.25, 0.3) is 0 Å². The lowest BCUT2D eigenvalue weighted by Gasteiger charge is -2.22. The van der Waals surface area contributed by atoms with Crippen LogP contribution >= 0.6 is 0 Å². The lowest BCUT2D eigenvalue weighted by Crippen LogP contribution is -2.38. The van der Waals surface area contributed by atoms with Gasteiger partial charge in [0.15, 0.2) is 0 Å². The number of hydrogen-bond acceptors (Lipinski definition) is 3. The molecule has 0 aromatic heterocycles. The van der Waals surface area contributed by atoms with Gasteiger partial charge in [0.1, 0.15) is 0 Å². The molecular weight excluding hydrogens is 300 g/mol. The van der Waals surface area contributed by atoms with Crippen LogP contribution in [-0.4, -0.2) is 26.9 Å². The standard InChI is InChI=1S/C16H24N2O3S/c1-13-7-9-15(10-8-13)22(20,21)17-12-11-16(19)18-14-5-3-2-4-6-14/h7-10,14,17H,2-6,11-12H2,1H3,(H,18,19). The SMILES string of the molecule is Cc1ccc(S(=O)(=O)NCCC(=O)NC2CCCCC2)cc1. The maximum absolute atomic E-state index is 12.1. The highest BCUT2D eigenvalue weighted by atomic mass is 32.2. The molecule has 1 amide bonds. The largest absolute Gasteiger partial charge is 0.353 e. The van der Waals surface area contributed by atoms with Gasteiger partial charge in [0.05, 0.1) is 4.90 Å². The zero-order valence-corrected chi connectivity index (χ0v) is 13.8. The first kappa shape index (κ1) is 17.0. The zero-order chi connectivity index (χ0) is 16.0. The predicted octanol–water partition coefficient (Wildman–Crippen LogP) is 2.11. The summed E-state index contributed by atoms with van der Waals surface area (Å²) in [5, 5.41) is 2.98. The Morgan fingerprint density at radius 3 is 2.41 bits per heavy atom. The number of sulfonamides is 1.